The number of hydrogen-bond acceptors (Lipinski definition) is 5. The average molecular weight is 621 g/mol. The Kier molecular flexibility index (Phi) is 10.0. The molecule has 0 radical (unpaired) electrons. The second-order valence-corrected chi connectivity index (χ2v) is 12.5. The van der Waals surface area contributed by atoms with E-state index in [1.807, 2.05) is 42.5 Å². The third kappa shape index (κ3) is 7.89. The molecule has 230 valence electrons. The second-order valence-electron chi connectivity index (χ2n) is 11.4. The molecule has 2 heterocycles. The van der Waals surface area contributed by atoms with Crippen molar-refractivity contribution in [2.24, 2.45) is 0 Å². The first-order valence-electron chi connectivity index (χ1n) is 15.4. The molecule has 4 aromatic carbocycles. The van der Waals surface area contributed by atoms with Crippen molar-refractivity contribution in [2.75, 3.05) is 44.2 Å². The first-order chi connectivity index (χ1) is 22.0. The monoisotopic (exact) mass is 620 g/mol. The highest BCUT2D eigenvalue weighted by Crippen LogP contribution is 2.42. The predicted octanol–water partition coefficient (Wildman–Crippen LogP) is 6.44. The maximum absolute atomic E-state index is 14.5. The van der Waals surface area contributed by atoms with E-state index in [9.17, 15) is 14.0 Å². The predicted molar refractivity (Wildman–Crippen MR) is 179 cm³/mol. The quantitative estimate of drug-likeness (QED) is 0.163. The van der Waals surface area contributed by atoms with E-state index in [-0.39, 0.29) is 24.2 Å². The smallest absolute Gasteiger partial charge is 0.265 e. The average Bonchev–Trinajstić information content (AvgIpc) is 3.07. The lowest BCUT2D eigenvalue weighted by Crippen LogP contribution is -2.46. The van der Waals surface area contributed by atoms with Gasteiger partial charge in [-0.05, 0) is 60.5 Å². The summed E-state index contributed by atoms with van der Waals surface area (Å²) in [6, 6.07) is 32.1. The number of hydrogen-bond donors (Lipinski definition) is 1. The van der Waals surface area contributed by atoms with Crippen LogP contribution in [0.2, 0.25) is 0 Å². The molecule has 1 fully saturated rings. The van der Waals surface area contributed by atoms with Gasteiger partial charge in [-0.15, -0.1) is 0 Å². The number of halogens is 1. The normalized spacial score (nSPS) is 16.5. The van der Waals surface area contributed by atoms with Gasteiger partial charge in [-0.3, -0.25) is 14.5 Å². The maximum atomic E-state index is 14.5. The zero-order valence-corrected chi connectivity index (χ0v) is 26.0. The number of nitrogens with zero attached hydrogens (tertiary/aromatic N) is 3. The van der Waals surface area contributed by atoms with Crippen molar-refractivity contribution in [1.82, 2.24) is 15.1 Å². The summed E-state index contributed by atoms with van der Waals surface area (Å²) in [6.07, 6.45) is 2.73. The zero-order valence-electron chi connectivity index (χ0n) is 25.2. The molecule has 0 aliphatic carbocycles. The van der Waals surface area contributed by atoms with Crippen LogP contribution in [-0.4, -0.2) is 60.9 Å². The van der Waals surface area contributed by atoms with Gasteiger partial charge in [0.1, 0.15) is 5.82 Å². The van der Waals surface area contributed by atoms with Crippen molar-refractivity contribution in [3.05, 3.63) is 136 Å². The Labute approximate surface area is 268 Å². The lowest BCUT2D eigenvalue weighted by molar-refractivity contribution is -0.114. The van der Waals surface area contributed by atoms with E-state index in [4.69, 9.17) is 0 Å². The highest BCUT2D eigenvalue weighted by molar-refractivity contribution is 8.04. The summed E-state index contributed by atoms with van der Waals surface area (Å²) < 4.78 is 14.5. The number of piperazine rings is 1. The van der Waals surface area contributed by atoms with Crippen molar-refractivity contribution in [3.63, 3.8) is 0 Å². The summed E-state index contributed by atoms with van der Waals surface area (Å²) in [5.41, 5.74) is 3.99. The van der Waals surface area contributed by atoms with Crippen LogP contribution in [0.5, 0.6) is 0 Å². The van der Waals surface area contributed by atoms with Gasteiger partial charge in [0.15, 0.2) is 0 Å². The van der Waals surface area contributed by atoms with Gasteiger partial charge in [-0.1, -0.05) is 84.6 Å². The summed E-state index contributed by atoms with van der Waals surface area (Å²) in [6.45, 7) is 6.94. The van der Waals surface area contributed by atoms with Gasteiger partial charge in [0.2, 0.25) is 0 Å². The molecule has 0 spiro atoms. The third-order valence-corrected chi connectivity index (χ3v) is 9.32. The molecule has 6 nitrogen and oxygen atoms in total. The van der Waals surface area contributed by atoms with Gasteiger partial charge >= 0.3 is 0 Å². The molecule has 0 unspecified atom stereocenters. The van der Waals surface area contributed by atoms with Gasteiger partial charge < -0.3 is 15.1 Å². The van der Waals surface area contributed by atoms with Gasteiger partial charge in [-0.25, -0.2) is 4.39 Å². The Morgan fingerprint density at radius 2 is 1.49 bits per heavy atom. The highest BCUT2D eigenvalue weighted by atomic mass is 32.2. The molecular formula is C37H37FN4O2S. The molecule has 0 aromatic heterocycles. The van der Waals surface area contributed by atoms with Crippen molar-refractivity contribution >= 4 is 35.3 Å². The van der Waals surface area contributed by atoms with Gasteiger partial charge in [0.05, 0.1) is 17.1 Å². The van der Waals surface area contributed by atoms with Crippen molar-refractivity contribution < 1.29 is 14.0 Å². The number of fused-ring (bicyclic) bond motifs is 1. The summed E-state index contributed by atoms with van der Waals surface area (Å²) in [4.78, 5) is 34.5. The van der Waals surface area contributed by atoms with Gasteiger partial charge in [0.25, 0.3) is 11.8 Å². The number of rotatable bonds is 10. The topological polar surface area (TPSA) is 55.9 Å². The van der Waals surface area contributed by atoms with Crippen LogP contribution in [0.25, 0.3) is 6.08 Å². The van der Waals surface area contributed by atoms with Crippen LogP contribution in [0.3, 0.4) is 0 Å². The van der Waals surface area contributed by atoms with Crippen LogP contribution >= 0.6 is 11.8 Å². The molecule has 8 heteroatoms. The van der Waals surface area contributed by atoms with E-state index in [2.05, 4.69) is 45.4 Å². The summed E-state index contributed by atoms with van der Waals surface area (Å²) in [5, 5.41) is 3.05. The Hall–Kier alpha value is -4.24. The minimum atomic E-state index is -0.335. The van der Waals surface area contributed by atoms with Crippen LogP contribution in [0.1, 0.15) is 33.5 Å². The molecule has 1 saturated heterocycles. The number of nitrogens with one attached hydrogen (secondary N) is 1. The van der Waals surface area contributed by atoms with E-state index >= 15 is 0 Å². The lowest BCUT2D eigenvalue weighted by Gasteiger charge is -2.34. The van der Waals surface area contributed by atoms with E-state index in [1.165, 1.54) is 23.4 Å². The zero-order chi connectivity index (χ0) is 31.0. The van der Waals surface area contributed by atoms with Crippen molar-refractivity contribution in [3.8, 4) is 0 Å². The number of benzene rings is 4. The molecule has 1 N–H and O–H groups in total. The Bertz CT molecular complexity index is 1650. The standard InChI is InChI=1S/C37H37FN4O2S/c38-32-12-5-4-11-31(32)27-42-33-13-6-7-14-34(33)45-35(37(42)44)25-28-15-17-30(18-16-28)36(43)39-19-8-20-40-21-23-41(24-22-40)26-29-9-2-1-3-10-29/h1-7,9-18,25H,8,19-24,26-27H2,(H,39,43)/b35-25-. The molecule has 0 atom stereocenters. The molecule has 0 saturated carbocycles. The largest absolute Gasteiger partial charge is 0.352 e. The van der Waals surface area contributed by atoms with Gasteiger partial charge in [0, 0.05) is 55.3 Å². The maximum Gasteiger partial charge on any atom is 0.265 e. The van der Waals surface area contributed by atoms with E-state index in [0.29, 0.717) is 22.6 Å². The Morgan fingerprint density at radius 3 is 2.27 bits per heavy atom. The number of amides is 2. The Balaban J connectivity index is 0.998. The van der Waals surface area contributed by atoms with Crippen LogP contribution in [0, 0.1) is 5.82 Å². The fraction of sp³-hybridized carbons (Fsp3) is 0.243. The fourth-order valence-electron chi connectivity index (χ4n) is 5.72. The summed E-state index contributed by atoms with van der Waals surface area (Å²) in [7, 11) is 0. The van der Waals surface area contributed by atoms with E-state index in [1.54, 1.807) is 35.2 Å². The number of para-hydroxylation sites is 1. The fourth-order valence-corrected chi connectivity index (χ4v) is 6.78. The molecule has 45 heavy (non-hydrogen) atoms. The summed E-state index contributed by atoms with van der Waals surface area (Å²) >= 11 is 1.40. The van der Waals surface area contributed by atoms with Gasteiger partial charge in [-0.2, -0.15) is 0 Å². The first-order valence-corrected chi connectivity index (χ1v) is 16.3. The van der Waals surface area contributed by atoms with Crippen LogP contribution in [0.4, 0.5) is 10.1 Å². The second kappa shape index (κ2) is 14.7. The SMILES string of the molecule is O=C(NCCCN1CCN(Cc2ccccc2)CC1)c1ccc(/C=C2\Sc3ccccc3N(Cc3ccccc3F)C2=O)cc1. The number of thioether (sulfide) groups is 1. The van der Waals surface area contributed by atoms with E-state index in [0.717, 1.165) is 61.8 Å². The lowest BCUT2D eigenvalue weighted by atomic mass is 10.1. The van der Waals surface area contributed by atoms with Crippen LogP contribution in [0.15, 0.2) is 113 Å². The molecule has 6 rings (SSSR count). The number of carbonyl (C=O) groups excluding carboxylic acids is 2. The molecule has 2 aliphatic heterocycles. The first kappa shape index (κ1) is 30.8. The third-order valence-electron chi connectivity index (χ3n) is 8.24. The highest BCUT2D eigenvalue weighted by Gasteiger charge is 2.29. The summed E-state index contributed by atoms with van der Waals surface area (Å²) in [5.74, 6) is -0.617. The molecular weight excluding hydrogens is 583 g/mol. The minimum Gasteiger partial charge on any atom is -0.352 e. The number of anilines is 1. The molecule has 2 aliphatic rings. The Morgan fingerprint density at radius 1 is 0.800 bits per heavy atom. The van der Waals surface area contributed by atoms with Crippen molar-refractivity contribution in [2.45, 2.75) is 24.4 Å². The van der Waals surface area contributed by atoms with Crippen molar-refractivity contribution in [1.29, 1.82) is 0 Å². The van der Waals surface area contributed by atoms with Crippen LogP contribution < -0.4 is 10.2 Å². The number of carbonyl (C=O) groups is 2. The minimum absolute atomic E-state index is 0.102. The van der Waals surface area contributed by atoms with E-state index < -0.39 is 0 Å². The molecule has 2 amide bonds. The van der Waals surface area contributed by atoms with Crippen LogP contribution in [-0.2, 0) is 17.9 Å². The molecule has 4 aromatic rings. The molecule has 0 bridgehead atoms.